The van der Waals surface area contributed by atoms with Crippen LogP contribution in [-0.4, -0.2) is 40.1 Å². The Morgan fingerprint density at radius 3 is 2.67 bits per heavy atom. The average molecular weight is 460 g/mol. The molecule has 0 aliphatic heterocycles. The Bertz CT molecular complexity index is 698. The van der Waals surface area contributed by atoms with Crippen LogP contribution in [0.2, 0.25) is 18.1 Å². The summed E-state index contributed by atoms with van der Waals surface area (Å²) in [6.07, 6.45) is 2.53. The maximum Gasteiger partial charge on any atom is 0.206 e. The van der Waals surface area contributed by atoms with E-state index in [1.165, 1.54) is 0 Å². The zero-order valence-electron chi connectivity index (χ0n) is 14.9. The van der Waals surface area contributed by atoms with Crippen LogP contribution >= 0.6 is 22.6 Å². The summed E-state index contributed by atoms with van der Waals surface area (Å²) in [7, 11) is -1.69. The van der Waals surface area contributed by atoms with Crippen molar-refractivity contribution < 1.29 is 4.43 Å². The molecule has 0 bridgehead atoms. The van der Waals surface area contributed by atoms with Gasteiger partial charge >= 0.3 is 0 Å². The van der Waals surface area contributed by atoms with Crippen LogP contribution in [0.4, 0.5) is 5.82 Å². The second-order valence-electron chi connectivity index (χ2n) is 7.26. The van der Waals surface area contributed by atoms with Crippen molar-refractivity contribution in [2.45, 2.75) is 51.9 Å². The highest BCUT2D eigenvalue weighted by atomic mass is 127. The van der Waals surface area contributed by atoms with Gasteiger partial charge in [0.1, 0.15) is 5.82 Å². The van der Waals surface area contributed by atoms with Crippen LogP contribution in [0.15, 0.2) is 12.3 Å². The van der Waals surface area contributed by atoms with E-state index in [4.69, 9.17) is 10.2 Å². The monoisotopic (exact) mass is 460 g/mol. The fraction of sp³-hybridized carbons (Fsp3) is 0.600. The standard InChI is InChI=1S/C15H25IN6OSi/c1-15(2,3)24(4,5)23-8-6-7-22-20-14(19-21-22)11-9-12(16)13(17)18-10-11/h9-10H,6-8H2,1-5H3,(H2,17,18). The highest BCUT2D eigenvalue weighted by Gasteiger charge is 2.36. The van der Waals surface area contributed by atoms with Crippen molar-refractivity contribution in [3.8, 4) is 11.4 Å². The summed E-state index contributed by atoms with van der Waals surface area (Å²) in [4.78, 5) is 5.73. The van der Waals surface area contributed by atoms with Crippen LogP contribution in [0.25, 0.3) is 11.4 Å². The molecule has 7 nitrogen and oxygen atoms in total. The van der Waals surface area contributed by atoms with E-state index in [-0.39, 0.29) is 5.04 Å². The summed E-state index contributed by atoms with van der Waals surface area (Å²) in [5.74, 6) is 1.07. The number of halogens is 1. The number of aryl methyl sites for hydroxylation is 1. The summed E-state index contributed by atoms with van der Waals surface area (Å²) >= 11 is 2.14. The third-order valence-electron chi connectivity index (χ3n) is 4.35. The molecule has 2 heterocycles. The fourth-order valence-electron chi connectivity index (χ4n) is 1.77. The first kappa shape index (κ1) is 19.3. The van der Waals surface area contributed by atoms with Gasteiger partial charge in [-0.05, 0) is 58.4 Å². The van der Waals surface area contributed by atoms with Crippen LogP contribution in [0.3, 0.4) is 0 Å². The minimum atomic E-state index is -1.69. The summed E-state index contributed by atoms with van der Waals surface area (Å²) in [5, 5.41) is 12.8. The van der Waals surface area contributed by atoms with Crippen LogP contribution < -0.4 is 5.73 Å². The Morgan fingerprint density at radius 1 is 1.33 bits per heavy atom. The van der Waals surface area contributed by atoms with E-state index < -0.39 is 8.32 Å². The highest BCUT2D eigenvalue weighted by Crippen LogP contribution is 2.36. The maximum absolute atomic E-state index is 6.16. The lowest BCUT2D eigenvalue weighted by molar-refractivity contribution is 0.268. The number of nitrogen functional groups attached to an aromatic ring is 1. The van der Waals surface area contributed by atoms with Gasteiger partial charge < -0.3 is 10.2 Å². The number of hydrogen-bond acceptors (Lipinski definition) is 6. The molecule has 24 heavy (non-hydrogen) atoms. The molecule has 0 radical (unpaired) electrons. The number of aromatic nitrogens is 5. The van der Waals surface area contributed by atoms with Crippen molar-refractivity contribution in [2.24, 2.45) is 0 Å². The van der Waals surface area contributed by atoms with E-state index >= 15 is 0 Å². The number of nitrogens with two attached hydrogens (primary N) is 1. The van der Waals surface area contributed by atoms with Crippen LogP contribution in [0, 0.1) is 3.57 Å². The number of anilines is 1. The molecule has 0 aliphatic rings. The quantitative estimate of drug-likeness (QED) is 0.404. The average Bonchev–Trinajstić information content (AvgIpc) is 2.94. The summed E-state index contributed by atoms with van der Waals surface area (Å²) < 4.78 is 7.04. The minimum absolute atomic E-state index is 0.227. The Balaban J connectivity index is 1.89. The predicted molar refractivity (Wildman–Crippen MR) is 106 cm³/mol. The summed E-state index contributed by atoms with van der Waals surface area (Å²) in [5.41, 5.74) is 6.54. The molecule has 0 spiro atoms. The van der Waals surface area contributed by atoms with E-state index in [9.17, 15) is 0 Å². The van der Waals surface area contributed by atoms with E-state index in [1.807, 2.05) is 6.07 Å². The van der Waals surface area contributed by atoms with Gasteiger partial charge in [-0.15, -0.1) is 10.2 Å². The molecule has 0 saturated heterocycles. The van der Waals surface area contributed by atoms with E-state index in [1.54, 1.807) is 11.0 Å². The second-order valence-corrected chi connectivity index (χ2v) is 13.2. The van der Waals surface area contributed by atoms with E-state index in [0.29, 0.717) is 24.8 Å². The molecule has 0 amide bonds. The van der Waals surface area contributed by atoms with Crippen molar-refractivity contribution in [1.82, 2.24) is 25.2 Å². The van der Waals surface area contributed by atoms with Crippen molar-refractivity contribution >= 4 is 36.7 Å². The molecule has 0 aliphatic carbocycles. The number of rotatable bonds is 6. The first-order valence-corrected chi connectivity index (χ1v) is 11.9. The smallest absolute Gasteiger partial charge is 0.206 e. The maximum atomic E-state index is 6.16. The van der Waals surface area contributed by atoms with Gasteiger partial charge in [-0.25, -0.2) is 4.98 Å². The number of pyridine rings is 1. The predicted octanol–water partition coefficient (Wildman–Crippen LogP) is 3.33. The van der Waals surface area contributed by atoms with Crippen molar-refractivity contribution in [3.63, 3.8) is 0 Å². The molecular weight excluding hydrogens is 435 g/mol. The van der Waals surface area contributed by atoms with E-state index in [0.717, 1.165) is 15.6 Å². The largest absolute Gasteiger partial charge is 0.417 e. The van der Waals surface area contributed by atoms with Gasteiger partial charge in [0.15, 0.2) is 8.32 Å². The topological polar surface area (TPSA) is 91.7 Å². The van der Waals surface area contributed by atoms with Crippen LogP contribution in [0.1, 0.15) is 27.2 Å². The number of nitrogens with zero attached hydrogens (tertiary/aromatic N) is 5. The van der Waals surface area contributed by atoms with Gasteiger partial charge in [-0.3, -0.25) is 0 Å². The molecule has 2 rings (SSSR count). The van der Waals surface area contributed by atoms with Gasteiger partial charge in [0.2, 0.25) is 5.82 Å². The van der Waals surface area contributed by atoms with Gasteiger partial charge in [0.05, 0.1) is 10.1 Å². The molecule has 0 saturated carbocycles. The zero-order valence-corrected chi connectivity index (χ0v) is 18.0. The molecule has 0 fully saturated rings. The number of hydrogen-bond donors (Lipinski definition) is 1. The molecule has 132 valence electrons. The Morgan fingerprint density at radius 2 is 2.04 bits per heavy atom. The van der Waals surface area contributed by atoms with Crippen LogP contribution in [0.5, 0.6) is 0 Å². The Kier molecular flexibility index (Phi) is 5.97. The Labute approximate surface area is 157 Å². The lowest BCUT2D eigenvalue weighted by atomic mass is 10.2. The van der Waals surface area contributed by atoms with Crippen molar-refractivity contribution in [2.75, 3.05) is 12.3 Å². The molecular formula is C15H25IN6OSi. The minimum Gasteiger partial charge on any atom is -0.417 e. The molecule has 9 heteroatoms. The lowest BCUT2D eigenvalue weighted by Gasteiger charge is -2.36. The van der Waals surface area contributed by atoms with E-state index in [2.05, 4.69) is 76.9 Å². The zero-order chi connectivity index (χ0) is 18.0. The third kappa shape index (κ3) is 4.73. The number of tetrazole rings is 1. The van der Waals surface area contributed by atoms with Gasteiger partial charge in [0, 0.05) is 18.4 Å². The van der Waals surface area contributed by atoms with Crippen LogP contribution in [-0.2, 0) is 11.0 Å². The first-order chi connectivity index (χ1) is 11.1. The second kappa shape index (κ2) is 7.44. The summed E-state index contributed by atoms with van der Waals surface area (Å²) in [6.45, 7) is 12.6. The SMILES string of the molecule is CC(C)(C)[Si](C)(C)OCCCn1nnc(-c2cnc(N)c(I)c2)n1. The van der Waals surface area contributed by atoms with Crippen molar-refractivity contribution in [1.29, 1.82) is 0 Å². The molecule has 2 N–H and O–H groups in total. The Hall–Kier alpha value is -1.07. The highest BCUT2D eigenvalue weighted by molar-refractivity contribution is 14.1. The first-order valence-electron chi connectivity index (χ1n) is 7.93. The molecule has 2 aromatic rings. The normalized spacial score (nSPS) is 12.6. The van der Waals surface area contributed by atoms with Gasteiger partial charge in [-0.2, -0.15) is 4.80 Å². The molecule has 0 aromatic carbocycles. The summed E-state index contributed by atoms with van der Waals surface area (Å²) in [6, 6.07) is 1.91. The molecule has 2 aromatic heterocycles. The lowest BCUT2D eigenvalue weighted by Crippen LogP contribution is -2.41. The van der Waals surface area contributed by atoms with Gasteiger partial charge in [0.25, 0.3) is 0 Å². The third-order valence-corrected chi connectivity index (χ3v) is 9.75. The molecule has 0 atom stereocenters. The molecule has 0 unspecified atom stereocenters. The van der Waals surface area contributed by atoms with Gasteiger partial charge in [-0.1, -0.05) is 20.8 Å². The van der Waals surface area contributed by atoms with Crippen molar-refractivity contribution in [3.05, 3.63) is 15.8 Å². The fourth-order valence-corrected chi connectivity index (χ4v) is 3.34.